The van der Waals surface area contributed by atoms with Crippen LogP contribution in [-0.2, 0) is 10.0 Å². The zero-order chi connectivity index (χ0) is 18.4. The summed E-state index contributed by atoms with van der Waals surface area (Å²) in [5.74, 6) is 0.607. The Bertz CT molecular complexity index is 518. The lowest BCUT2D eigenvalue weighted by Gasteiger charge is -2.32. The molecule has 1 aliphatic heterocycles. The molecule has 1 saturated heterocycles. The first-order valence-electron chi connectivity index (χ1n) is 7.75. The third-order valence-corrected chi connectivity index (χ3v) is 6.26. The molecule has 11 heteroatoms. The molecule has 0 spiro atoms. The smallest absolute Gasteiger partial charge is 0.357 e. The summed E-state index contributed by atoms with van der Waals surface area (Å²) in [7, 11) is -5.23. The van der Waals surface area contributed by atoms with Crippen molar-refractivity contribution in [1.29, 1.82) is 0 Å². The summed E-state index contributed by atoms with van der Waals surface area (Å²) in [6.45, 7) is 4.96. The van der Waals surface area contributed by atoms with Crippen molar-refractivity contribution >= 4 is 27.7 Å². The van der Waals surface area contributed by atoms with Gasteiger partial charge in [-0.15, -0.1) is 0 Å². The van der Waals surface area contributed by atoms with Crippen LogP contribution in [0.15, 0.2) is 4.99 Å². The number of nitrogens with one attached hydrogen (secondary N) is 2. The Hall–Kier alpha value is -0.680. The van der Waals surface area contributed by atoms with E-state index in [-0.39, 0.29) is 19.1 Å². The Morgan fingerprint density at radius 2 is 1.96 bits per heavy atom. The van der Waals surface area contributed by atoms with Crippen LogP contribution in [-0.4, -0.2) is 67.9 Å². The Kier molecular flexibility index (Phi) is 8.13. The second-order valence-electron chi connectivity index (χ2n) is 5.53. The molecule has 0 aromatic carbocycles. The maximum atomic E-state index is 12.6. The second kappa shape index (κ2) is 9.14. The molecule has 1 heterocycles. The minimum Gasteiger partial charge on any atom is -0.357 e. The molecule has 0 bridgehead atoms. The van der Waals surface area contributed by atoms with Crippen LogP contribution in [0.1, 0.15) is 26.7 Å². The fourth-order valence-electron chi connectivity index (χ4n) is 2.19. The van der Waals surface area contributed by atoms with Crippen LogP contribution in [0.4, 0.5) is 13.2 Å². The molecule has 0 aromatic heterocycles. The van der Waals surface area contributed by atoms with Crippen molar-refractivity contribution in [2.45, 2.75) is 43.5 Å². The first-order chi connectivity index (χ1) is 11.1. The molecule has 1 atom stereocenters. The largest absolute Gasteiger partial charge is 0.511 e. The lowest BCUT2D eigenvalue weighted by atomic mass is 10.1. The minimum atomic E-state index is -5.24. The van der Waals surface area contributed by atoms with E-state index in [0.29, 0.717) is 41.4 Å². The average molecular weight is 390 g/mol. The van der Waals surface area contributed by atoms with E-state index in [9.17, 15) is 21.6 Å². The number of halogens is 3. The standard InChI is InChI=1S/C13H25F3N4O2S2/c1-4-17-12(18-9-10(2)23-3)19-11-5-7-20(8-6-11)24(21,22)13(14,15)16/h10-11H,4-9H2,1-3H3,(H2,17,18,19). The minimum absolute atomic E-state index is 0.105. The van der Waals surface area contributed by atoms with Gasteiger partial charge in [0.25, 0.3) is 0 Å². The number of rotatable bonds is 6. The van der Waals surface area contributed by atoms with Crippen molar-refractivity contribution in [3.63, 3.8) is 0 Å². The van der Waals surface area contributed by atoms with E-state index in [1.54, 1.807) is 11.8 Å². The summed E-state index contributed by atoms with van der Waals surface area (Å²) in [6, 6.07) is -0.105. The Morgan fingerprint density at radius 1 is 1.38 bits per heavy atom. The molecule has 1 rings (SSSR count). The molecule has 6 nitrogen and oxygen atoms in total. The summed E-state index contributed by atoms with van der Waals surface area (Å²) in [4.78, 5) is 4.45. The summed E-state index contributed by atoms with van der Waals surface area (Å²) in [5.41, 5.74) is -5.24. The van der Waals surface area contributed by atoms with Crippen LogP contribution < -0.4 is 10.6 Å². The predicted molar refractivity (Wildman–Crippen MR) is 91.7 cm³/mol. The van der Waals surface area contributed by atoms with E-state index in [2.05, 4.69) is 22.5 Å². The van der Waals surface area contributed by atoms with Gasteiger partial charge in [-0.3, -0.25) is 4.99 Å². The molecule has 0 aliphatic carbocycles. The number of aliphatic imine (C=N–C) groups is 1. The lowest BCUT2D eigenvalue weighted by molar-refractivity contribution is -0.0494. The molecule has 0 amide bonds. The van der Waals surface area contributed by atoms with Gasteiger partial charge in [0, 0.05) is 30.9 Å². The highest BCUT2D eigenvalue weighted by Crippen LogP contribution is 2.28. The first kappa shape index (κ1) is 21.4. The van der Waals surface area contributed by atoms with Gasteiger partial charge in [0.1, 0.15) is 0 Å². The van der Waals surface area contributed by atoms with Crippen LogP contribution >= 0.6 is 11.8 Å². The molecule has 0 radical (unpaired) electrons. The van der Waals surface area contributed by atoms with Crippen molar-refractivity contribution in [3.05, 3.63) is 0 Å². The van der Waals surface area contributed by atoms with Crippen molar-refractivity contribution < 1.29 is 21.6 Å². The second-order valence-corrected chi connectivity index (χ2v) is 8.74. The van der Waals surface area contributed by atoms with Gasteiger partial charge in [0.15, 0.2) is 5.96 Å². The molecule has 142 valence electrons. The number of hydrogen-bond acceptors (Lipinski definition) is 4. The van der Waals surface area contributed by atoms with Crippen molar-refractivity contribution in [2.24, 2.45) is 4.99 Å². The molecule has 2 N–H and O–H groups in total. The van der Waals surface area contributed by atoms with Crippen LogP contribution in [0.5, 0.6) is 0 Å². The third kappa shape index (κ3) is 5.99. The molecule has 0 aromatic rings. The van der Waals surface area contributed by atoms with Gasteiger partial charge in [-0.2, -0.15) is 29.2 Å². The Labute approximate surface area is 145 Å². The molecular weight excluding hydrogens is 365 g/mol. The fourth-order valence-corrected chi connectivity index (χ4v) is 3.40. The van der Waals surface area contributed by atoms with Crippen LogP contribution in [0.3, 0.4) is 0 Å². The molecular formula is C13H25F3N4O2S2. The summed E-state index contributed by atoms with van der Waals surface area (Å²) in [6.07, 6.45) is 2.60. The van der Waals surface area contributed by atoms with Crippen molar-refractivity contribution in [1.82, 2.24) is 14.9 Å². The SMILES string of the molecule is CCNC(=NCC(C)SC)NC1CCN(S(=O)(=O)C(F)(F)F)CC1. The molecule has 1 aliphatic rings. The number of piperidine rings is 1. The monoisotopic (exact) mass is 390 g/mol. The van der Waals surface area contributed by atoms with Gasteiger partial charge < -0.3 is 10.6 Å². The lowest BCUT2D eigenvalue weighted by Crippen LogP contribution is -2.51. The van der Waals surface area contributed by atoms with E-state index >= 15 is 0 Å². The zero-order valence-electron chi connectivity index (χ0n) is 14.1. The van der Waals surface area contributed by atoms with Gasteiger partial charge in [-0.1, -0.05) is 6.92 Å². The average Bonchev–Trinajstić information content (AvgIpc) is 2.52. The molecule has 1 unspecified atom stereocenters. The Morgan fingerprint density at radius 3 is 2.42 bits per heavy atom. The number of sulfonamides is 1. The quantitative estimate of drug-likeness (QED) is 0.532. The summed E-state index contributed by atoms with van der Waals surface area (Å²) in [5, 5.41) is 6.63. The number of guanidine groups is 1. The van der Waals surface area contributed by atoms with E-state index in [0.717, 1.165) is 0 Å². The highest BCUT2D eigenvalue weighted by molar-refractivity contribution is 7.99. The van der Waals surface area contributed by atoms with E-state index < -0.39 is 15.5 Å². The zero-order valence-corrected chi connectivity index (χ0v) is 15.7. The Balaban J connectivity index is 2.60. The van der Waals surface area contributed by atoms with Crippen LogP contribution in [0, 0.1) is 0 Å². The predicted octanol–water partition coefficient (Wildman–Crippen LogP) is 1.61. The number of thioether (sulfide) groups is 1. The molecule has 24 heavy (non-hydrogen) atoms. The van der Waals surface area contributed by atoms with Crippen LogP contribution in [0.25, 0.3) is 0 Å². The highest BCUT2D eigenvalue weighted by Gasteiger charge is 2.50. The molecule has 0 saturated carbocycles. The maximum absolute atomic E-state index is 12.6. The summed E-state index contributed by atoms with van der Waals surface area (Å²) >= 11 is 1.69. The van der Waals surface area contributed by atoms with Gasteiger partial charge >= 0.3 is 15.5 Å². The number of alkyl halides is 3. The highest BCUT2D eigenvalue weighted by atomic mass is 32.2. The normalized spacial score (nSPS) is 20.0. The van der Waals surface area contributed by atoms with Crippen molar-refractivity contribution in [2.75, 3.05) is 32.4 Å². The number of hydrogen-bond donors (Lipinski definition) is 2. The van der Waals surface area contributed by atoms with E-state index in [1.165, 1.54) is 0 Å². The van der Waals surface area contributed by atoms with Gasteiger partial charge in [-0.05, 0) is 26.0 Å². The first-order valence-corrected chi connectivity index (χ1v) is 10.5. The van der Waals surface area contributed by atoms with Crippen molar-refractivity contribution in [3.8, 4) is 0 Å². The topological polar surface area (TPSA) is 73.8 Å². The summed E-state index contributed by atoms with van der Waals surface area (Å²) < 4.78 is 61.0. The van der Waals surface area contributed by atoms with Gasteiger partial charge in [0.2, 0.25) is 0 Å². The fraction of sp³-hybridized carbons (Fsp3) is 0.923. The van der Waals surface area contributed by atoms with E-state index in [1.807, 2.05) is 13.2 Å². The number of nitrogens with zero attached hydrogens (tertiary/aromatic N) is 2. The van der Waals surface area contributed by atoms with Gasteiger partial charge in [0.05, 0.1) is 6.54 Å². The molecule has 1 fully saturated rings. The van der Waals surface area contributed by atoms with Gasteiger partial charge in [-0.25, -0.2) is 8.42 Å². The third-order valence-electron chi connectivity index (χ3n) is 3.68. The van der Waals surface area contributed by atoms with Crippen LogP contribution in [0.2, 0.25) is 0 Å². The van der Waals surface area contributed by atoms with E-state index in [4.69, 9.17) is 0 Å². The maximum Gasteiger partial charge on any atom is 0.511 e.